The number of rotatable bonds is 18. The Morgan fingerprint density at radius 3 is 2.09 bits per heavy atom. The molecule has 0 spiro atoms. The van der Waals surface area contributed by atoms with E-state index in [2.05, 4.69) is 99.6 Å². The number of ether oxygens (including phenoxy) is 1. The van der Waals surface area contributed by atoms with Crippen molar-refractivity contribution in [1.29, 1.82) is 0 Å². The van der Waals surface area contributed by atoms with Gasteiger partial charge in [-0.1, -0.05) is 121 Å². The Morgan fingerprint density at radius 2 is 1.42 bits per heavy atom. The molecule has 2 nitrogen and oxygen atoms in total. The smallest absolute Gasteiger partial charge is 0.178 e. The molecule has 2 atom stereocenters. The molecule has 0 fully saturated rings. The first-order valence-electron chi connectivity index (χ1n) is 21.1. The third kappa shape index (κ3) is 9.06. The van der Waals surface area contributed by atoms with Gasteiger partial charge >= 0.3 is 0 Å². The highest BCUT2D eigenvalue weighted by atomic mass is 32.1. The highest BCUT2D eigenvalue weighted by molar-refractivity contribution is 7.30. The predicted octanol–water partition coefficient (Wildman–Crippen LogP) is 17.5. The second-order valence-corrected chi connectivity index (χ2v) is 22.1. The van der Waals surface area contributed by atoms with Crippen molar-refractivity contribution in [3.05, 3.63) is 50.8 Å². The Kier molecular flexibility index (Phi) is 13.6. The minimum atomic E-state index is -0.322. The number of carbonyl (C=O) groups excluding carboxylic acids is 1. The van der Waals surface area contributed by atoms with E-state index < -0.39 is 0 Å². The molecule has 6 rings (SSSR count). The van der Waals surface area contributed by atoms with Crippen LogP contribution >= 0.6 is 45.3 Å². The zero-order chi connectivity index (χ0) is 39.7. The number of hydrogen-bond donors (Lipinski definition) is 0. The van der Waals surface area contributed by atoms with Crippen LogP contribution in [0.3, 0.4) is 0 Å². The van der Waals surface area contributed by atoms with Gasteiger partial charge < -0.3 is 4.74 Å². The molecular weight excluding hydrogens is 756 g/mol. The van der Waals surface area contributed by atoms with Gasteiger partial charge in [0, 0.05) is 46.1 Å². The molecule has 0 radical (unpaired) electrons. The molecule has 298 valence electrons. The summed E-state index contributed by atoms with van der Waals surface area (Å²) in [6.45, 7) is 23.0. The summed E-state index contributed by atoms with van der Waals surface area (Å²) in [5.41, 5.74) is -0.103. The molecule has 0 aliphatic carbocycles. The van der Waals surface area contributed by atoms with Crippen LogP contribution in [0.2, 0.25) is 0 Å². The number of thiophene rings is 4. The third-order valence-electron chi connectivity index (χ3n) is 11.2. The molecule has 0 bridgehead atoms. The van der Waals surface area contributed by atoms with Crippen LogP contribution in [0.4, 0.5) is 4.39 Å². The zero-order valence-electron chi connectivity index (χ0n) is 35.1. The van der Waals surface area contributed by atoms with Crippen LogP contribution in [0, 0.1) is 17.7 Å². The quantitative estimate of drug-likeness (QED) is 0.0638. The summed E-state index contributed by atoms with van der Waals surface area (Å²) >= 11 is 6.72. The lowest BCUT2D eigenvalue weighted by Crippen LogP contribution is -2.14. The largest absolute Gasteiger partial charge is 0.492 e. The average Bonchev–Trinajstić information content (AvgIpc) is 3.92. The van der Waals surface area contributed by atoms with Gasteiger partial charge in [0.25, 0.3) is 0 Å². The number of halogens is 1. The fourth-order valence-electron chi connectivity index (χ4n) is 7.85. The van der Waals surface area contributed by atoms with Gasteiger partial charge in [0.1, 0.15) is 10.6 Å². The monoisotopic (exact) mass is 818 g/mol. The molecule has 7 heteroatoms. The number of Topliss-reactive ketones (excluding diaryl/α,β-unsaturated/α-hetero) is 1. The number of unbranched alkanes of at least 4 members (excludes halogenated alkanes) is 5. The van der Waals surface area contributed by atoms with Crippen LogP contribution in [0.1, 0.15) is 166 Å². The van der Waals surface area contributed by atoms with E-state index in [0.717, 1.165) is 66.2 Å². The highest BCUT2D eigenvalue weighted by Gasteiger charge is 2.33. The number of benzene rings is 2. The van der Waals surface area contributed by atoms with Gasteiger partial charge in [-0.2, -0.15) is 0 Å². The molecule has 55 heavy (non-hydrogen) atoms. The summed E-state index contributed by atoms with van der Waals surface area (Å²) in [7, 11) is 0. The van der Waals surface area contributed by atoms with E-state index in [1.807, 2.05) is 11.3 Å². The van der Waals surface area contributed by atoms with Crippen LogP contribution in [0.15, 0.2) is 30.3 Å². The highest BCUT2D eigenvalue weighted by Crippen LogP contribution is 2.53. The lowest BCUT2D eigenvalue weighted by Gasteiger charge is -2.19. The van der Waals surface area contributed by atoms with Crippen LogP contribution in [0.5, 0.6) is 5.75 Å². The zero-order valence-corrected chi connectivity index (χ0v) is 38.3. The van der Waals surface area contributed by atoms with E-state index in [4.69, 9.17) is 4.74 Å². The first-order chi connectivity index (χ1) is 26.2. The van der Waals surface area contributed by atoms with E-state index in [-0.39, 0.29) is 28.3 Å². The average molecular weight is 819 g/mol. The first-order valence-corrected chi connectivity index (χ1v) is 24.3. The summed E-state index contributed by atoms with van der Waals surface area (Å²) < 4.78 is 27.4. The summed E-state index contributed by atoms with van der Waals surface area (Å²) in [4.78, 5) is 18.7. The Labute approximate surface area is 345 Å². The van der Waals surface area contributed by atoms with Gasteiger partial charge in [-0.05, 0) is 83.5 Å². The molecule has 6 aromatic rings. The summed E-state index contributed by atoms with van der Waals surface area (Å²) in [6, 6.07) is 11.7. The molecular formula is C48H63FO2S4. The van der Waals surface area contributed by atoms with Gasteiger partial charge in [0.15, 0.2) is 11.6 Å². The summed E-state index contributed by atoms with van der Waals surface area (Å²) in [5.74, 6) is 0.999. The van der Waals surface area contributed by atoms with Crippen molar-refractivity contribution < 1.29 is 13.9 Å². The lowest BCUT2D eigenvalue weighted by molar-refractivity contribution is 0.0909. The number of carbonyl (C=O) groups is 1. The van der Waals surface area contributed by atoms with E-state index in [1.54, 1.807) is 22.7 Å². The van der Waals surface area contributed by atoms with Crippen molar-refractivity contribution in [2.75, 3.05) is 6.61 Å². The maximum Gasteiger partial charge on any atom is 0.178 e. The van der Waals surface area contributed by atoms with Crippen LogP contribution in [-0.2, 0) is 10.8 Å². The van der Waals surface area contributed by atoms with Crippen molar-refractivity contribution in [2.24, 2.45) is 11.8 Å². The molecule has 2 unspecified atom stereocenters. The van der Waals surface area contributed by atoms with Gasteiger partial charge in [0.2, 0.25) is 0 Å². The molecule has 0 aliphatic heterocycles. The minimum absolute atomic E-state index is 0.0226. The second-order valence-electron chi connectivity index (χ2n) is 17.9. The van der Waals surface area contributed by atoms with E-state index in [9.17, 15) is 4.79 Å². The first kappa shape index (κ1) is 42.3. The standard InChI is InChI=1S/C48H63FO2S4/c1-11-15-18-19-21-29(20-16-12-2)28-51-42-33-26-35-32(25-38(53-35)47(5,6)7)23-31(33)24-36-34(42)27-37(52-36)43-39-40(49)45(41(50)30(14-4)22-17-13-3)54-44(39)46(55-43)48(8,9)10/h23-27,29-30H,11-22,28H2,1-10H3. The second kappa shape index (κ2) is 17.7. The fourth-order valence-corrected chi connectivity index (χ4v) is 13.1. The molecule has 0 amide bonds. The van der Waals surface area contributed by atoms with Crippen molar-refractivity contribution in [3.63, 3.8) is 0 Å². The molecule has 0 saturated carbocycles. The summed E-state index contributed by atoms with van der Waals surface area (Å²) in [6.07, 6.45) is 13.5. The topological polar surface area (TPSA) is 26.3 Å². The fraction of sp³-hybridized carbons (Fsp3) is 0.562. The van der Waals surface area contributed by atoms with E-state index in [1.165, 1.54) is 83.1 Å². The van der Waals surface area contributed by atoms with E-state index >= 15 is 4.39 Å². The SMILES string of the molecule is CCCCCCC(CCCC)COc1c2cc3sc(C(C)(C)C)cc3cc2cc2sc(-c3sc(C(C)(C)C)c4sc(C(=O)C(CC)CCCC)c(F)c34)cc12. The molecule has 2 aromatic carbocycles. The number of hydrogen-bond acceptors (Lipinski definition) is 6. The maximum atomic E-state index is 16.9. The Hall–Kier alpha value is -2.32. The minimum Gasteiger partial charge on any atom is -0.492 e. The number of ketones is 1. The van der Waals surface area contributed by atoms with Gasteiger partial charge in [0.05, 0.1) is 16.2 Å². The molecule has 4 heterocycles. The van der Waals surface area contributed by atoms with Crippen molar-refractivity contribution in [2.45, 2.75) is 157 Å². The van der Waals surface area contributed by atoms with Gasteiger partial charge in [-0.25, -0.2) is 4.39 Å². The Morgan fingerprint density at radius 1 is 0.709 bits per heavy atom. The van der Waals surface area contributed by atoms with Crippen LogP contribution in [0.25, 0.3) is 50.8 Å². The van der Waals surface area contributed by atoms with Crippen molar-refractivity contribution in [3.8, 4) is 15.5 Å². The van der Waals surface area contributed by atoms with Crippen molar-refractivity contribution >= 4 is 92.2 Å². The van der Waals surface area contributed by atoms with Gasteiger partial charge in [-0.3, -0.25) is 4.79 Å². The summed E-state index contributed by atoms with van der Waals surface area (Å²) in [5, 5.41) is 5.36. The van der Waals surface area contributed by atoms with Gasteiger partial charge in [-0.15, -0.1) is 45.3 Å². The molecule has 0 saturated heterocycles. The molecule has 0 aliphatic rings. The molecule has 4 aromatic heterocycles. The van der Waals surface area contributed by atoms with E-state index in [0.29, 0.717) is 22.8 Å². The van der Waals surface area contributed by atoms with Crippen LogP contribution in [-0.4, -0.2) is 12.4 Å². The lowest BCUT2D eigenvalue weighted by atomic mass is 9.93. The van der Waals surface area contributed by atoms with Crippen molar-refractivity contribution in [1.82, 2.24) is 0 Å². The predicted molar refractivity (Wildman–Crippen MR) is 246 cm³/mol. The molecule has 0 N–H and O–H groups in total. The Balaban J connectivity index is 1.51. The number of fused-ring (bicyclic) bond motifs is 4. The van der Waals surface area contributed by atoms with Crippen LogP contribution < -0.4 is 4.74 Å². The Bertz CT molecular complexity index is 2250. The third-order valence-corrected chi connectivity index (χ3v) is 17.0. The normalized spacial score (nSPS) is 13.9. The maximum absolute atomic E-state index is 16.9.